The first-order chi connectivity index (χ1) is 11.0. The molecule has 130 valence electrons. The number of nitrogens with zero attached hydrogens (tertiary/aromatic N) is 1. The second-order valence-electron chi connectivity index (χ2n) is 9.98. The molecule has 4 fully saturated rings. The number of hydrogen-bond acceptors (Lipinski definition) is 2. The minimum atomic E-state index is 0.0168. The summed E-state index contributed by atoms with van der Waals surface area (Å²) in [6.45, 7) is 7.23. The quantitative estimate of drug-likeness (QED) is 0.558. The van der Waals surface area contributed by atoms with E-state index in [1.54, 1.807) is 0 Å². The van der Waals surface area contributed by atoms with Crippen molar-refractivity contribution in [3.05, 3.63) is 4.91 Å². The summed E-state index contributed by atoms with van der Waals surface area (Å²) in [5, 5.41) is 3.44. The lowest BCUT2D eigenvalue weighted by molar-refractivity contribution is -0.111. The minimum Gasteiger partial charge on any atom is -0.151 e. The zero-order valence-corrected chi connectivity index (χ0v) is 15.4. The molecule has 0 bridgehead atoms. The van der Waals surface area contributed by atoms with E-state index in [2.05, 4.69) is 25.9 Å². The summed E-state index contributed by atoms with van der Waals surface area (Å²) < 4.78 is 0. The molecule has 8 atom stereocenters. The molecule has 0 spiro atoms. The van der Waals surface area contributed by atoms with E-state index < -0.39 is 0 Å². The molecule has 2 nitrogen and oxygen atoms in total. The van der Waals surface area contributed by atoms with Gasteiger partial charge in [-0.1, -0.05) is 31.9 Å². The molecule has 4 saturated carbocycles. The third kappa shape index (κ3) is 2.19. The van der Waals surface area contributed by atoms with E-state index in [0.29, 0.717) is 16.7 Å². The van der Waals surface area contributed by atoms with Crippen molar-refractivity contribution < 1.29 is 0 Å². The molecular formula is C21H35NO. The van der Waals surface area contributed by atoms with E-state index in [9.17, 15) is 4.91 Å². The summed E-state index contributed by atoms with van der Waals surface area (Å²) in [6, 6.07) is 0.0168. The van der Waals surface area contributed by atoms with E-state index in [1.165, 1.54) is 64.2 Å². The van der Waals surface area contributed by atoms with Gasteiger partial charge in [-0.3, -0.25) is 0 Å². The molecule has 0 N–H and O–H groups in total. The van der Waals surface area contributed by atoms with Crippen LogP contribution in [-0.4, -0.2) is 6.04 Å². The molecule has 0 aromatic carbocycles. The maximum Gasteiger partial charge on any atom is 0.0925 e. The number of nitroso groups, excluding NO2 is 1. The van der Waals surface area contributed by atoms with Crippen LogP contribution in [0.5, 0.6) is 0 Å². The Balaban J connectivity index is 1.61. The van der Waals surface area contributed by atoms with E-state index in [1.807, 2.05) is 0 Å². The molecule has 0 radical (unpaired) electrons. The lowest BCUT2D eigenvalue weighted by Crippen LogP contribution is -2.53. The largest absolute Gasteiger partial charge is 0.151 e. The third-order valence-electron chi connectivity index (χ3n) is 9.41. The van der Waals surface area contributed by atoms with E-state index in [-0.39, 0.29) is 6.04 Å². The van der Waals surface area contributed by atoms with Crippen LogP contribution in [0.2, 0.25) is 0 Å². The first-order valence-corrected chi connectivity index (χ1v) is 10.3. The molecular weight excluding hydrogens is 282 g/mol. The number of fused-ring (bicyclic) bond motifs is 5. The van der Waals surface area contributed by atoms with Crippen LogP contribution in [0.3, 0.4) is 0 Å². The fourth-order valence-electron chi connectivity index (χ4n) is 8.20. The molecule has 1 unspecified atom stereocenters. The van der Waals surface area contributed by atoms with Crippen molar-refractivity contribution in [1.29, 1.82) is 0 Å². The fourth-order valence-corrected chi connectivity index (χ4v) is 8.20. The van der Waals surface area contributed by atoms with Crippen LogP contribution in [-0.2, 0) is 0 Å². The van der Waals surface area contributed by atoms with Gasteiger partial charge in [0, 0.05) is 0 Å². The summed E-state index contributed by atoms with van der Waals surface area (Å²) in [6.07, 6.45) is 14.3. The van der Waals surface area contributed by atoms with Gasteiger partial charge in [0.25, 0.3) is 0 Å². The van der Waals surface area contributed by atoms with Crippen molar-refractivity contribution >= 4 is 0 Å². The summed E-state index contributed by atoms with van der Waals surface area (Å²) in [5.41, 5.74) is 1.03. The first kappa shape index (κ1) is 16.1. The Kier molecular flexibility index (Phi) is 3.89. The van der Waals surface area contributed by atoms with Crippen LogP contribution in [0.15, 0.2) is 5.18 Å². The van der Waals surface area contributed by atoms with Crippen molar-refractivity contribution in [2.24, 2.45) is 45.6 Å². The Morgan fingerprint density at radius 2 is 1.65 bits per heavy atom. The Hall–Kier alpha value is -0.400. The average molecular weight is 318 g/mol. The van der Waals surface area contributed by atoms with Crippen LogP contribution in [0.4, 0.5) is 0 Å². The van der Waals surface area contributed by atoms with Gasteiger partial charge < -0.3 is 0 Å². The highest BCUT2D eigenvalue weighted by Gasteiger charge is 2.60. The Morgan fingerprint density at radius 1 is 0.870 bits per heavy atom. The second-order valence-corrected chi connectivity index (χ2v) is 9.98. The molecule has 4 aliphatic rings. The van der Waals surface area contributed by atoms with Crippen molar-refractivity contribution in [2.75, 3.05) is 0 Å². The van der Waals surface area contributed by atoms with Crippen LogP contribution < -0.4 is 0 Å². The van der Waals surface area contributed by atoms with Gasteiger partial charge in [-0.2, -0.15) is 4.91 Å². The van der Waals surface area contributed by atoms with Gasteiger partial charge in [-0.15, -0.1) is 0 Å². The average Bonchev–Trinajstić information content (AvgIpc) is 2.91. The van der Waals surface area contributed by atoms with E-state index in [0.717, 1.165) is 23.7 Å². The van der Waals surface area contributed by atoms with Gasteiger partial charge in [-0.05, 0) is 98.7 Å². The Morgan fingerprint density at radius 3 is 2.43 bits per heavy atom. The SMILES string of the molecule is CC(N=O)[C@H]1CC[C@H]2[C@@H]3CC[C@H]4CCCC[C@]4(C)[C@H]3CC[C@]12C. The number of rotatable bonds is 2. The molecule has 4 rings (SSSR count). The molecule has 0 amide bonds. The fraction of sp³-hybridized carbons (Fsp3) is 1.00. The second kappa shape index (κ2) is 5.56. The maximum atomic E-state index is 11.2. The molecule has 0 aliphatic heterocycles. The Labute approximate surface area is 142 Å². The summed E-state index contributed by atoms with van der Waals surface area (Å²) in [5.74, 6) is 4.34. The monoisotopic (exact) mass is 317 g/mol. The predicted octanol–water partition coefficient (Wildman–Crippen LogP) is 6.19. The van der Waals surface area contributed by atoms with Gasteiger partial charge in [0.05, 0.1) is 6.04 Å². The molecule has 23 heavy (non-hydrogen) atoms. The summed E-state index contributed by atoms with van der Waals surface area (Å²) in [7, 11) is 0. The van der Waals surface area contributed by atoms with Crippen molar-refractivity contribution in [2.45, 2.75) is 91.0 Å². The first-order valence-electron chi connectivity index (χ1n) is 10.3. The topological polar surface area (TPSA) is 29.4 Å². The van der Waals surface area contributed by atoms with Gasteiger partial charge in [0.2, 0.25) is 0 Å². The minimum absolute atomic E-state index is 0.0168. The summed E-state index contributed by atoms with van der Waals surface area (Å²) in [4.78, 5) is 11.2. The highest BCUT2D eigenvalue weighted by Crippen LogP contribution is 2.67. The molecule has 0 saturated heterocycles. The molecule has 4 aliphatic carbocycles. The molecule has 0 aromatic rings. The zero-order valence-electron chi connectivity index (χ0n) is 15.4. The highest BCUT2D eigenvalue weighted by atomic mass is 16.3. The standard InChI is InChI=1S/C21H35NO/c1-14(22-23)17-9-10-18-16-8-7-15-6-4-5-12-20(15,2)19(16)11-13-21(17,18)3/h14-19H,4-13H2,1-3H3/t14?,15-,16+,17-,18+,19+,20+,21-/m1/s1. The van der Waals surface area contributed by atoms with Crippen molar-refractivity contribution in [1.82, 2.24) is 0 Å². The maximum absolute atomic E-state index is 11.2. The van der Waals surface area contributed by atoms with E-state index >= 15 is 0 Å². The zero-order chi connectivity index (χ0) is 16.2. The smallest absolute Gasteiger partial charge is 0.0925 e. The van der Waals surface area contributed by atoms with Crippen LogP contribution in [0.25, 0.3) is 0 Å². The van der Waals surface area contributed by atoms with Crippen LogP contribution in [0.1, 0.15) is 85.0 Å². The lowest BCUT2D eigenvalue weighted by atomic mass is 9.44. The van der Waals surface area contributed by atoms with Gasteiger partial charge in [0.15, 0.2) is 0 Å². The normalized spacial score (nSPS) is 53.8. The lowest BCUT2D eigenvalue weighted by Gasteiger charge is -2.60. The van der Waals surface area contributed by atoms with E-state index in [4.69, 9.17) is 0 Å². The van der Waals surface area contributed by atoms with Crippen LogP contribution in [0, 0.1) is 45.3 Å². The van der Waals surface area contributed by atoms with Crippen molar-refractivity contribution in [3.63, 3.8) is 0 Å². The number of hydrogen-bond donors (Lipinski definition) is 0. The molecule has 0 aromatic heterocycles. The van der Waals surface area contributed by atoms with Gasteiger partial charge in [0.1, 0.15) is 0 Å². The summed E-state index contributed by atoms with van der Waals surface area (Å²) >= 11 is 0. The Bertz CT molecular complexity index is 476. The van der Waals surface area contributed by atoms with Crippen molar-refractivity contribution in [3.8, 4) is 0 Å². The van der Waals surface area contributed by atoms with Gasteiger partial charge >= 0.3 is 0 Å². The highest BCUT2D eigenvalue weighted by molar-refractivity contribution is 5.09. The molecule has 2 heteroatoms. The van der Waals surface area contributed by atoms with Crippen LogP contribution >= 0.6 is 0 Å². The molecule has 0 heterocycles. The predicted molar refractivity (Wildman–Crippen MR) is 95.1 cm³/mol. The van der Waals surface area contributed by atoms with Gasteiger partial charge in [-0.25, -0.2) is 0 Å². The third-order valence-corrected chi connectivity index (χ3v) is 9.41.